The van der Waals surface area contributed by atoms with Crippen molar-refractivity contribution in [3.8, 4) is 11.5 Å². The van der Waals surface area contributed by atoms with Crippen LogP contribution >= 0.6 is 0 Å². The van der Waals surface area contributed by atoms with Gasteiger partial charge >= 0.3 is 0 Å². The van der Waals surface area contributed by atoms with Crippen LogP contribution in [-0.4, -0.2) is 36.1 Å². The maximum atomic E-state index is 12.7. The van der Waals surface area contributed by atoms with Crippen molar-refractivity contribution in [1.29, 1.82) is 0 Å². The number of aromatic nitrogens is 1. The van der Waals surface area contributed by atoms with Crippen LogP contribution in [0.5, 0.6) is 0 Å². The number of hydrogen-bond donors (Lipinski definition) is 2. The first-order valence-corrected chi connectivity index (χ1v) is 10.4. The zero-order valence-corrected chi connectivity index (χ0v) is 17.4. The van der Waals surface area contributed by atoms with Crippen molar-refractivity contribution in [2.24, 2.45) is 0 Å². The van der Waals surface area contributed by atoms with Gasteiger partial charge in [-0.05, 0) is 44.0 Å². The monoisotopic (exact) mass is 419 g/mol. The van der Waals surface area contributed by atoms with Crippen molar-refractivity contribution in [3.05, 3.63) is 71.6 Å². The van der Waals surface area contributed by atoms with Crippen molar-refractivity contribution in [2.45, 2.75) is 32.3 Å². The number of aryl methyl sites for hydroxylation is 1. The lowest BCUT2D eigenvalue weighted by atomic mass is 10.1. The third-order valence-corrected chi connectivity index (χ3v) is 5.20. The third kappa shape index (κ3) is 5.19. The second-order valence-electron chi connectivity index (χ2n) is 7.50. The van der Waals surface area contributed by atoms with Crippen LogP contribution in [0.1, 0.15) is 34.7 Å². The highest BCUT2D eigenvalue weighted by molar-refractivity contribution is 6.04. The summed E-state index contributed by atoms with van der Waals surface area (Å²) < 4.78 is 11.3. The Kier molecular flexibility index (Phi) is 6.43. The fourth-order valence-electron chi connectivity index (χ4n) is 3.54. The highest BCUT2D eigenvalue weighted by atomic mass is 16.5. The average molecular weight is 419 g/mol. The number of hydrogen-bond acceptors (Lipinski definition) is 5. The predicted octanol–water partition coefficient (Wildman–Crippen LogP) is 3.74. The highest BCUT2D eigenvalue weighted by Gasteiger charge is 2.19. The smallest absolute Gasteiger partial charge is 0.253 e. The Morgan fingerprint density at radius 2 is 1.87 bits per heavy atom. The standard InChI is InChI=1S/C24H25N3O4/c1-16-21(27-24(31-16)17-8-3-2-4-9-17)14-22(28)26-20-12-6-5-11-19(20)23(29)25-15-18-10-7-13-30-18/h2-6,8-9,11-12,18H,7,10,13-15H2,1H3,(H,25,29)(H,26,28)/t18-/m1/s1. The molecule has 1 atom stereocenters. The number of carbonyl (C=O) groups excluding carboxylic acids is 2. The number of anilines is 1. The van der Waals surface area contributed by atoms with E-state index < -0.39 is 0 Å². The minimum atomic E-state index is -0.268. The van der Waals surface area contributed by atoms with Crippen molar-refractivity contribution in [3.63, 3.8) is 0 Å². The van der Waals surface area contributed by atoms with Gasteiger partial charge in [0.05, 0.1) is 29.5 Å². The van der Waals surface area contributed by atoms with E-state index >= 15 is 0 Å². The number of oxazole rings is 1. The molecule has 7 heteroatoms. The molecule has 2 heterocycles. The van der Waals surface area contributed by atoms with E-state index in [1.165, 1.54) is 0 Å². The Balaban J connectivity index is 1.41. The molecule has 0 unspecified atom stereocenters. The first-order chi connectivity index (χ1) is 15.1. The molecule has 31 heavy (non-hydrogen) atoms. The van der Waals surface area contributed by atoms with Crippen LogP contribution < -0.4 is 10.6 Å². The minimum Gasteiger partial charge on any atom is -0.441 e. The van der Waals surface area contributed by atoms with Crippen LogP contribution in [0, 0.1) is 6.92 Å². The van der Waals surface area contributed by atoms with Gasteiger partial charge in [-0.15, -0.1) is 0 Å². The molecular formula is C24H25N3O4. The number of nitrogens with zero attached hydrogens (tertiary/aromatic N) is 1. The fraction of sp³-hybridized carbons (Fsp3) is 0.292. The van der Waals surface area contributed by atoms with Gasteiger partial charge in [-0.25, -0.2) is 4.98 Å². The topological polar surface area (TPSA) is 93.5 Å². The quantitative estimate of drug-likeness (QED) is 0.609. The summed E-state index contributed by atoms with van der Waals surface area (Å²) in [5, 5.41) is 5.72. The van der Waals surface area contributed by atoms with E-state index in [1.54, 1.807) is 31.2 Å². The molecule has 160 valence electrons. The zero-order valence-electron chi connectivity index (χ0n) is 17.4. The summed E-state index contributed by atoms with van der Waals surface area (Å²) in [5.74, 6) is 0.567. The Morgan fingerprint density at radius 1 is 1.10 bits per heavy atom. The molecule has 1 fully saturated rings. The molecule has 4 rings (SSSR count). The summed E-state index contributed by atoms with van der Waals surface area (Å²) in [5.41, 5.74) is 2.29. The number of amides is 2. The van der Waals surface area contributed by atoms with Gasteiger partial charge in [0, 0.05) is 18.7 Å². The molecule has 0 saturated carbocycles. The summed E-state index contributed by atoms with van der Waals surface area (Å²) in [6.45, 7) is 2.98. The van der Waals surface area contributed by atoms with E-state index in [0.29, 0.717) is 35.1 Å². The van der Waals surface area contributed by atoms with Gasteiger partial charge in [0.1, 0.15) is 5.76 Å². The molecule has 7 nitrogen and oxygen atoms in total. The largest absolute Gasteiger partial charge is 0.441 e. The lowest BCUT2D eigenvalue weighted by Gasteiger charge is -2.13. The van der Waals surface area contributed by atoms with Crippen molar-refractivity contribution in [1.82, 2.24) is 10.3 Å². The molecular weight excluding hydrogens is 394 g/mol. The molecule has 1 saturated heterocycles. The summed E-state index contributed by atoms with van der Waals surface area (Å²) in [4.78, 5) is 29.8. The van der Waals surface area contributed by atoms with Crippen LogP contribution in [0.3, 0.4) is 0 Å². The van der Waals surface area contributed by atoms with Gasteiger partial charge < -0.3 is 19.8 Å². The number of ether oxygens (including phenoxy) is 1. The molecule has 1 aliphatic heterocycles. The summed E-state index contributed by atoms with van der Waals surface area (Å²) >= 11 is 0. The van der Waals surface area contributed by atoms with Gasteiger partial charge in [0.2, 0.25) is 11.8 Å². The van der Waals surface area contributed by atoms with Crippen molar-refractivity contribution in [2.75, 3.05) is 18.5 Å². The van der Waals surface area contributed by atoms with E-state index in [4.69, 9.17) is 9.15 Å². The number of rotatable bonds is 7. The Hall–Kier alpha value is -3.45. The zero-order chi connectivity index (χ0) is 21.6. The molecule has 0 bridgehead atoms. The second-order valence-corrected chi connectivity index (χ2v) is 7.50. The number of carbonyl (C=O) groups is 2. The summed E-state index contributed by atoms with van der Waals surface area (Å²) in [7, 11) is 0. The van der Waals surface area contributed by atoms with Crippen LogP contribution in [-0.2, 0) is 16.0 Å². The van der Waals surface area contributed by atoms with Crippen molar-refractivity contribution >= 4 is 17.5 Å². The molecule has 0 radical (unpaired) electrons. The summed E-state index contributed by atoms with van der Waals surface area (Å²) in [6.07, 6.45) is 2.06. The van der Waals surface area contributed by atoms with E-state index in [0.717, 1.165) is 25.0 Å². The van der Waals surface area contributed by atoms with Gasteiger partial charge in [-0.3, -0.25) is 9.59 Å². The van der Waals surface area contributed by atoms with Crippen LogP contribution in [0.25, 0.3) is 11.5 Å². The molecule has 2 amide bonds. The van der Waals surface area contributed by atoms with Gasteiger partial charge in [-0.2, -0.15) is 0 Å². The van der Waals surface area contributed by atoms with Crippen LogP contribution in [0.4, 0.5) is 5.69 Å². The van der Waals surface area contributed by atoms with Crippen LogP contribution in [0.2, 0.25) is 0 Å². The normalized spacial score (nSPS) is 15.6. The first kappa shape index (κ1) is 20.8. The second kappa shape index (κ2) is 9.57. The van der Waals surface area contributed by atoms with E-state index in [2.05, 4.69) is 15.6 Å². The predicted molar refractivity (Wildman–Crippen MR) is 117 cm³/mol. The molecule has 0 spiro atoms. The SMILES string of the molecule is Cc1oc(-c2ccccc2)nc1CC(=O)Nc1ccccc1C(=O)NC[C@H]1CCCO1. The molecule has 3 aromatic rings. The van der Waals surface area contributed by atoms with Gasteiger partial charge in [0.15, 0.2) is 0 Å². The number of benzene rings is 2. The summed E-state index contributed by atoms with van der Waals surface area (Å²) in [6, 6.07) is 16.5. The van der Waals surface area contributed by atoms with Gasteiger partial charge in [0.25, 0.3) is 5.91 Å². The van der Waals surface area contributed by atoms with Crippen molar-refractivity contribution < 1.29 is 18.7 Å². The lowest BCUT2D eigenvalue weighted by molar-refractivity contribution is -0.115. The Bertz CT molecular complexity index is 1060. The van der Waals surface area contributed by atoms with Crippen LogP contribution in [0.15, 0.2) is 59.0 Å². The minimum absolute atomic E-state index is 0.0496. The Labute approximate surface area is 180 Å². The lowest BCUT2D eigenvalue weighted by Crippen LogP contribution is -2.32. The first-order valence-electron chi connectivity index (χ1n) is 10.4. The molecule has 2 N–H and O–H groups in total. The fourth-order valence-corrected chi connectivity index (χ4v) is 3.54. The third-order valence-electron chi connectivity index (χ3n) is 5.20. The van der Waals surface area contributed by atoms with E-state index in [9.17, 15) is 9.59 Å². The van der Waals surface area contributed by atoms with E-state index in [1.807, 2.05) is 30.3 Å². The number of para-hydroxylation sites is 1. The Morgan fingerprint density at radius 3 is 2.65 bits per heavy atom. The van der Waals surface area contributed by atoms with E-state index in [-0.39, 0.29) is 24.3 Å². The molecule has 2 aromatic carbocycles. The maximum absolute atomic E-state index is 12.7. The molecule has 1 aliphatic rings. The van der Waals surface area contributed by atoms with Gasteiger partial charge in [-0.1, -0.05) is 30.3 Å². The number of nitrogens with one attached hydrogen (secondary N) is 2. The average Bonchev–Trinajstić information content (AvgIpc) is 3.43. The molecule has 0 aliphatic carbocycles. The highest BCUT2D eigenvalue weighted by Crippen LogP contribution is 2.22. The maximum Gasteiger partial charge on any atom is 0.253 e. The molecule has 1 aromatic heterocycles.